The van der Waals surface area contributed by atoms with E-state index in [4.69, 9.17) is 11.6 Å². The minimum Gasteiger partial charge on any atom is -0.347 e. The average Bonchev–Trinajstić information content (AvgIpc) is 2.29. The number of quaternary nitrogens is 1. The van der Waals surface area contributed by atoms with Gasteiger partial charge in [0.1, 0.15) is 5.82 Å². The average molecular weight is 331 g/mol. The Hall–Kier alpha value is -1.66. The number of hydrogen-bond donors (Lipinski definition) is 3. The molecule has 5 nitrogen and oxygen atoms in total. The van der Waals surface area contributed by atoms with Gasteiger partial charge in [-0.25, -0.2) is 4.39 Å². The first kappa shape index (κ1) is 18.4. The predicted molar refractivity (Wildman–Crippen MR) is 84.6 cm³/mol. The molecule has 122 valence electrons. The molecule has 0 saturated carbocycles. The van der Waals surface area contributed by atoms with Gasteiger partial charge in [0.05, 0.1) is 17.8 Å². The van der Waals surface area contributed by atoms with Crippen LogP contribution in [0.1, 0.15) is 20.8 Å². The van der Waals surface area contributed by atoms with Gasteiger partial charge in [-0.2, -0.15) is 0 Å². The Bertz CT molecular complexity index is 558. The van der Waals surface area contributed by atoms with Gasteiger partial charge in [0, 0.05) is 5.54 Å². The Morgan fingerprint density at radius 2 is 1.82 bits per heavy atom. The molecule has 0 aliphatic heterocycles. The number of carbonyl (C=O) groups is 2. The van der Waals surface area contributed by atoms with Gasteiger partial charge in [0.15, 0.2) is 13.1 Å². The molecule has 1 unspecified atom stereocenters. The predicted octanol–water partition coefficient (Wildman–Crippen LogP) is 0.847. The molecule has 0 heterocycles. The first-order chi connectivity index (χ1) is 10.1. The van der Waals surface area contributed by atoms with E-state index in [-0.39, 0.29) is 35.5 Å². The lowest BCUT2D eigenvalue weighted by molar-refractivity contribution is -0.862. The molecule has 0 fully saturated rings. The largest absolute Gasteiger partial charge is 0.347 e. The van der Waals surface area contributed by atoms with Crippen LogP contribution in [0.15, 0.2) is 18.2 Å². The third-order valence-electron chi connectivity index (χ3n) is 2.64. The highest BCUT2D eigenvalue weighted by Crippen LogP contribution is 2.21. The van der Waals surface area contributed by atoms with Crippen molar-refractivity contribution in [1.82, 2.24) is 5.32 Å². The first-order valence-electron chi connectivity index (χ1n) is 6.94. The molecule has 1 aromatic carbocycles. The van der Waals surface area contributed by atoms with Crippen LogP contribution >= 0.6 is 11.6 Å². The van der Waals surface area contributed by atoms with E-state index < -0.39 is 5.82 Å². The van der Waals surface area contributed by atoms with Gasteiger partial charge >= 0.3 is 0 Å². The fourth-order valence-electron chi connectivity index (χ4n) is 1.86. The van der Waals surface area contributed by atoms with Crippen LogP contribution in [0.2, 0.25) is 5.02 Å². The van der Waals surface area contributed by atoms with Crippen LogP contribution in [0.4, 0.5) is 10.1 Å². The van der Waals surface area contributed by atoms with Crippen LogP contribution in [0.5, 0.6) is 0 Å². The lowest BCUT2D eigenvalue weighted by Gasteiger charge is -2.21. The zero-order valence-corrected chi connectivity index (χ0v) is 14.0. The van der Waals surface area contributed by atoms with Crippen LogP contribution in [-0.4, -0.2) is 37.5 Å². The molecule has 0 radical (unpaired) electrons. The number of rotatable bonds is 5. The molecule has 7 heteroatoms. The second kappa shape index (κ2) is 7.56. The zero-order chi connectivity index (χ0) is 16.9. The molecule has 3 N–H and O–H groups in total. The number of halogens is 2. The van der Waals surface area contributed by atoms with E-state index in [0.29, 0.717) is 5.69 Å². The molecule has 0 spiro atoms. The molecule has 1 atom stereocenters. The summed E-state index contributed by atoms with van der Waals surface area (Å²) < 4.78 is 12.9. The molecule has 0 saturated heterocycles. The van der Waals surface area contributed by atoms with Crippen molar-refractivity contribution in [3.63, 3.8) is 0 Å². The fraction of sp³-hybridized carbons (Fsp3) is 0.467. The minimum atomic E-state index is -0.468. The van der Waals surface area contributed by atoms with Crippen LogP contribution < -0.4 is 15.5 Å². The maximum atomic E-state index is 12.9. The quantitative estimate of drug-likeness (QED) is 0.749. The van der Waals surface area contributed by atoms with Gasteiger partial charge in [0.25, 0.3) is 11.8 Å². The highest BCUT2D eigenvalue weighted by atomic mass is 35.5. The molecule has 22 heavy (non-hydrogen) atoms. The van der Waals surface area contributed by atoms with Crippen LogP contribution in [0.3, 0.4) is 0 Å². The normalized spacial score (nSPS) is 12.6. The molecule has 0 aromatic heterocycles. The van der Waals surface area contributed by atoms with Gasteiger partial charge in [-0.3, -0.25) is 9.59 Å². The van der Waals surface area contributed by atoms with E-state index in [2.05, 4.69) is 10.6 Å². The lowest BCUT2D eigenvalue weighted by Crippen LogP contribution is -3.11. The van der Waals surface area contributed by atoms with Crippen molar-refractivity contribution in [2.75, 3.05) is 25.5 Å². The van der Waals surface area contributed by atoms with Crippen LogP contribution in [0, 0.1) is 5.82 Å². The number of benzene rings is 1. The molecule has 0 aliphatic carbocycles. The lowest BCUT2D eigenvalue weighted by atomic mass is 10.1. The third kappa shape index (κ3) is 6.87. The van der Waals surface area contributed by atoms with Crippen LogP contribution in [-0.2, 0) is 9.59 Å². The second-order valence-corrected chi connectivity index (χ2v) is 6.69. The number of carbonyl (C=O) groups excluding carboxylic acids is 2. The molecule has 0 bridgehead atoms. The minimum absolute atomic E-state index is 0.102. The second-order valence-electron chi connectivity index (χ2n) is 6.28. The van der Waals surface area contributed by atoms with E-state index in [9.17, 15) is 14.0 Å². The number of amides is 2. The molecule has 1 aromatic rings. The summed E-state index contributed by atoms with van der Waals surface area (Å²) in [6.07, 6.45) is 0. The standard InChI is InChI=1S/C15H21ClFN3O2/c1-15(2,3)19-14(22)9-20(4)8-13(21)18-12-6-5-10(17)7-11(12)16/h5-7H,8-9H2,1-4H3,(H,18,21)(H,19,22)/p+1. The molecule has 2 amide bonds. The molecular weight excluding hydrogens is 309 g/mol. The van der Waals surface area contributed by atoms with Gasteiger partial charge < -0.3 is 15.5 Å². The summed E-state index contributed by atoms with van der Waals surface area (Å²) in [5.41, 5.74) is 0.0429. The zero-order valence-electron chi connectivity index (χ0n) is 13.2. The number of likely N-dealkylation sites (N-methyl/N-ethyl adjacent to an activating group) is 1. The van der Waals surface area contributed by atoms with Gasteiger partial charge in [-0.15, -0.1) is 0 Å². The van der Waals surface area contributed by atoms with Crippen LogP contribution in [0.25, 0.3) is 0 Å². The summed E-state index contributed by atoms with van der Waals surface area (Å²) in [6.45, 7) is 5.96. The summed E-state index contributed by atoms with van der Waals surface area (Å²) in [6, 6.07) is 3.75. The van der Waals surface area contributed by atoms with Crippen molar-refractivity contribution in [1.29, 1.82) is 0 Å². The number of anilines is 1. The van der Waals surface area contributed by atoms with E-state index in [1.165, 1.54) is 12.1 Å². The Kier molecular flexibility index (Phi) is 6.32. The topological polar surface area (TPSA) is 62.6 Å². The van der Waals surface area contributed by atoms with Gasteiger partial charge in [0.2, 0.25) is 0 Å². The Morgan fingerprint density at radius 1 is 1.23 bits per heavy atom. The Labute approximate surface area is 134 Å². The van der Waals surface area contributed by atoms with Crippen molar-refractivity contribution in [3.8, 4) is 0 Å². The van der Waals surface area contributed by atoms with E-state index in [0.717, 1.165) is 11.0 Å². The van der Waals surface area contributed by atoms with Crippen molar-refractivity contribution in [2.24, 2.45) is 0 Å². The highest BCUT2D eigenvalue weighted by molar-refractivity contribution is 6.33. The monoisotopic (exact) mass is 330 g/mol. The smallest absolute Gasteiger partial charge is 0.279 e. The van der Waals surface area contributed by atoms with Crippen molar-refractivity contribution < 1.29 is 18.9 Å². The van der Waals surface area contributed by atoms with E-state index in [1.54, 1.807) is 7.05 Å². The van der Waals surface area contributed by atoms with Crippen molar-refractivity contribution in [3.05, 3.63) is 29.0 Å². The number of hydrogen-bond acceptors (Lipinski definition) is 2. The molecule has 0 aliphatic rings. The van der Waals surface area contributed by atoms with E-state index in [1.807, 2.05) is 20.8 Å². The van der Waals surface area contributed by atoms with Gasteiger partial charge in [-0.1, -0.05) is 11.6 Å². The molecule has 1 rings (SSSR count). The Balaban J connectivity index is 2.49. The summed E-state index contributed by atoms with van der Waals surface area (Å²) in [5, 5.41) is 5.57. The summed E-state index contributed by atoms with van der Waals surface area (Å²) in [4.78, 5) is 24.4. The SMILES string of the molecule is C[NH+](CC(=O)Nc1ccc(F)cc1Cl)CC(=O)NC(C)(C)C. The molecular formula is C15H22ClFN3O2+. The number of nitrogens with one attached hydrogen (secondary N) is 3. The first-order valence-corrected chi connectivity index (χ1v) is 7.32. The maximum Gasteiger partial charge on any atom is 0.279 e. The van der Waals surface area contributed by atoms with Gasteiger partial charge in [-0.05, 0) is 39.0 Å². The summed E-state index contributed by atoms with van der Waals surface area (Å²) in [7, 11) is 1.74. The summed E-state index contributed by atoms with van der Waals surface area (Å²) >= 11 is 5.84. The van der Waals surface area contributed by atoms with E-state index >= 15 is 0 Å². The van der Waals surface area contributed by atoms with Crippen molar-refractivity contribution in [2.45, 2.75) is 26.3 Å². The highest BCUT2D eigenvalue weighted by Gasteiger charge is 2.19. The summed E-state index contributed by atoms with van der Waals surface area (Å²) in [5.74, 6) is -0.892. The Morgan fingerprint density at radius 3 is 2.36 bits per heavy atom. The fourth-order valence-corrected chi connectivity index (χ4v) is 2.07. The third-order valence-corrected chi connectivity index (χ3v) is 2.96. The maximum absolute atomic E-state index is 12.9. The van der Waals surface area contributed by atoms with Crippen molar-refractivity contribution >= 4 is 29.1 Å².